The number of hydrogen-bond donors (Lipinski definition) is 1. The highest BCUT2D eigenvalue weighted by Gasteiger charge is 2.33. The summed E-state index contributed by atoms with van der Waals surface area (Å²) in [4.78, 5) is 17.7. The molecule has 5 rings (SSSR count). The molecular weight excluding hydrogens is 495 g/mol. The lowest BCUT2D eigenvalue weighted by atomic mass is 10.1. The van der Waals surface area contributed by atoms with Gasteiger partial charge in [-0.15, -0.1) is 0 Å². The summed E-state index contributed by atoms with van der Waals surface area (Å²) in [6, 6.07) is 18.5. The molecule has 1 N–H and O–H groups in total. The second-order valence-corrected chi connectivity index (χ2v) is 9.29. The van der Waals surface area contributed by atoms with Crippen LogP contribution in [-0.4, -0.2) is 71.9 Å². The van der Waals surface area contributed by atoms with Crippen molar-refractivity contribution in [2.24, 2.45) is 0 Å². The summed E-state index contributed by atoms with van der Waals surface area (Å²) in [6.45, 7) is 5.61. The lowest BCUT2D eigenvalue weighted by Gasteiger charge is -2.32. The van der Waals surface area contributed by atoms with Gasteiger partial charge in [0.15, 0.2) is 5.69 Å². The van der Waals surface area contributed by atoms with Crippen molar-refractivity contribution >= 4 is 22.4 Å². The summed E-state index contributed by atoms with van der Waals surface area (Å²) in [5.74, 6) is 0.427. The number of benzene rings is 3. The van der Waals surface area contributed by atoms with Gasteiger partial charge in [-0.1, -0.05) is 24.3 Å². The Labute approximate surface area is 218 Å². The minimum atomic E-state index is -4.51. The van der Waals surface area contributed by atoms with Crippen LogP contribution in [0.2, 0.25) is 0 Å². The van der Waals surface area contributed by atoms with Crippen LogP contribution < -0.4 is 10.1 Å². The third kappa shape index (κ3) is 5.81. The van der Waals surface area contributed by atoms with Gasteiger partial charge in [-0.05, 0) is 49.5 Å². The zero-order valence-electron chi connectivity index (χ0n) is 20.9. The molecule has 3 aromatic carbocycles. The number of aromatic nitrogens is 2. The highest BCUT2D eigenvalue weighted by atomic mass is 19.4. The van der Waals surface area contributed by atoms with Crippen LogP contribution in [0.5, 0.6) is 5.75 Å². The van der Waals surface area contributed by atoms with Gasteiger partial charge in [0, 0.05) is 60.9 Å². The van der Waals surface area contributed by atoms with E-state index in [1.165, 1.54) is 6.20 Å². The first kappa shape index (κ1) is 25.7. The molecule has 7 nitrogen and oxygen atoms in total. The zero-order valence-corrected chi connectivity index (χ0v) is 20.9. The number of amides is 1. The van der Waals surface area contributed by atoms with E-state index in [-0.39, 0.29) is 5.91 Å². The van der Waals surface area contributed by atoms with E-state index < -0.39 is 11.9 Å². The van der Waals surface area contributed by atoms with E-state index in [4.69, 9.17) is 4.74 Å². The molecule has 10 heteroatoms. The average Bonchev–Trinajstić information content (AvgIpc) is 3.42. The Balaban J connectivity index is 1.26. The molecule has 4 aromatic rings. The minimum Gasteiger partial charge on any atom is -0.492 e. The van der Waals surface area contributed by atoms with Crippen LogP contribution in [0, 0.1) is 0 Å². The van der Waals surface area contributed by atoms with Crippen molar-refractivity contribution in [3.8, 4) is 11.4 Å². The summed E-state index contributed by atoms with van der Waals surface area (Å²) in [7, 11) is 2.13. The fourth-order valence-corrected chi connectivity index (χ4v) is 4.44. The Morgan fingerprint density at radius 1 is 0.947 bits per heavy atom. The van der Waals surface area contributed by atoms with E-state index in [2.05, 4.69) is 27.3 Å². The monoisotopic (exact) mass is 523 g/mol. The number of alkyl halides is 3. The Morgan fingerprint density at radius 2 is 1.66 bits per heavy atom. The number of anilines is 1. The predicted molar refractivity (Wildman–Crippen MR) is 140 cm³/mol. The van der Waals surface area contributed by atoms with Crippen molar-refractivity contribution in [3.63, 3.8) is 0 Å². The van der Waals surface area contributed by atoms with Crippen molar-refractivity contribution < 1.29 is 22.7 Å². The lowest BCUT2D eigenvalue weighted by molar-refractivity contribution is -0.141. The number of piperazine rings is 1. The van der Waals surface area contributed by atoms with Crippen LogP contribution in [0.1, 0.15) is 16.1 Å². The van der Waals surface area contributed by atoms with Gasteiger partial charge in [-0.25, -0.2) is 4.68 Å². The molecule has 1 aliphatic rings. The molecule has 1 saturated heterocycles. The van der Waals surface area contributed by atoms with Crippen LogP contribution in [0.4, 0.5) is 18.9 Å². The number of fused-ring (bicyclic) bond motifs is 1. The molecule has 198 valence electrons. The number of halogens is 3. The fraction of sp³-hybridized carbons (Fsp3) is 0.286. The lowest BCUT2D eigenvalue weighted by Crippen LogP contribution is -2.45. The van der Waals surface area contributed by atoms with Gasteiger partial charge < -0.3 is 15.0 Å². The van der Waals surface area contributed by atoms with Crippen molar-refractivity contribution in [2.45, 2.75) is 6.18 Å². The molecule has 0 saturated carbocycles. The maximum Gasteiger partial charge on any atom is 0.435 e. The predicted octanol–water partition coefficient (Wildman–Crippen LogP) is 4.92. The topological polar surface area (TPSA) is 62.6 Å². The number of ether oxygens (including phenoxy) is 1. The Kier molecular flexibility index (Phi) is 7.35. The third-order valence-electron chi connectivity index (χ3n) is 6.67. The molecular formula is C28H28F3N5O2. The van der Waals surface area contributed by atoms with E-state index in [1.54, 1.807) is 24.3 Å². The van der Waals surface area contributed by atoms with Crippen molar-refractivity contribution in [2.75, 3.05) is 51.7 Å². The highest BCUT2D eigenvalue weighted by molar-refractivity contribution is 6.10. The Morgan fingerprint density at radius 3 is 2.34 bits per heavy atom. The van der Waals surface area contributed by atoms with E-state index in [0.29, 0.717) is 23.5 Å². The standard InChI is InChI=1S/C28H28F3N5O2/c1-34-14-16-35(17-15-34)18-19-38-25-11-10-24(22-4-2-3-5-23(22)25)32-27(37)20-6-8-21(9-7-20)36-13-12-26(33-36)28(29,30)31/h2-13H,14-19H2,1H3,(H,32,37). The van der Waals surface area contributed by atoms with Crippen molar-refractivity contribution in [1.29, 1.82) is 0 Å². The average molecular weight is 524 g/mol. The number of nitrogens with one attached hydrogen (secondary N) is 1. The van der Waals surface area contributed by atoms with E-state index in [0.717, 1.165) is 60.0 Å². The van der Waals surface area contributed by atoms with Crippen LogP contribution in [0.3, 0.4) is 0 Å². The minimum absolute atomic E-state index is 0.332. The highest BCUT2D eigenvalue weighted by Crippen LogP contribution is 2.32. The van der Waals surface area contributed by atoms with E-state index in [1.807, 2.05) is 36.4 Å². The van der Waals surface area contributed by atoms with Gasteiger partial charge in [0.2, 0.25) is 0 Å². The first-order chi connectivity index (χ1) is 18.3. The van der Waals surface area contributed by atoms with Gasteiger partial charge in [0.25, 0.3) is 5.91 Å². The molecule has 2 heterocycles. The molecule has 1 aromatic heterocycles. The number of carbonyl (C=O) groups excluding carboxylic acids is 1. The molecule has 0 bridgehead atoms. The van der Waals surface area contributed by atoms with Gasteiger partial charge in [0.1, 0.15) is 12.4 Å². The summed E-state index contributed by atoms with van der Waals surface area (Å²) in [5, 5.41) is 8.26. The normalized spacial score (nSPS) is 15.1. The maximum absolute atomic E-state index is 13.0. The van der Waals surface area contributed by atoms with Crippen molar-refractivity contribution in [1.82, 2.24) is 19.6 Å². The molecule has 0 aliphatic carbocycles. The largest absolute Gasteiger partial charge is 0.492 e. The number of rotatable bonds is 7. The SMILES string of the molecule is CN1CCN(CCOc2ccc(NC(=O)c3ccc(-n4ccc(C(F)(F)F)n4)cc3)c3ccccc23)CC1. The molecule has 1 amide bonds. The summed E-state index contributed by atoms with van der Waals surface area (Å²) in [5.41, 5.74) is 0.454. The quantitative estimate of drug-likeness (QED) is 0.373. The zero-order chi connectivity index (χ0) is 26.7. The number of carbonyl (C=O) groups is 1. The summed E-state index contributed by atoms with van der Waals surface area (Å²) in [6.07, 6.45) is -3.28. The molecule has 1 aliphatic heterocycles. The smallest absolute Gasteiger partial charge is 0.435 e. The summed E-state index contributed by atoms with van der Waals surface area (Å²) < 4.78 is 45.8. The van der Waals surface area contributed by atoms with Crippen LogP contribution in [0.25, 0.3) is 16.5 Å². The van der Waals surface area contributed by atoms with Crippen LogP contribution in [0.15, 0.2) is 72.9 Å². The second-order valence-electron chi connectivity index (χ2n) is 9.29. The first-order valence-corrected chi connectivity index (χ1v) is 12.4. The van der Waals surface area contributed by atoms with E-state index >= 15 is 0 Å². The maximum atomic E-state index is 13.0. The molecule has 0 atom stereocenters. The number of likely N-dealkylation sites (N-methyl/N-ethyl adjacent to an activating group) is 1. The third-order valence-corrected chi connectivity index (χ3v) is 6.67. The molecule has 38 heavy (non-hydrogen) atoms. The number of hydrogen-bond acceptors (Lipinski definition) is 5. The van der Waals surface area contributed by atoms with Crippen molar-refractivity contribution in [3.05, 3.63) is 84.2 Å². The summed E-state index contributed by atoms with van der Waals surface area (Å²) >= 11 is 0. The molecule has 1 fully saturated rings. The van der Waals surface area contributed by atoms with Gasteiger partial charge in [-0.3, -0.25) is 9.69 Å². The fourth-order valence-electron chi connectivity index (χ4n) is 4.44. The molecule has 0 spiro atoms. The van der Waals surface area contributed by atoms with Gasteiger partial charge >= 0.3 is 6.18 Å². The van der Waals surface area contributed by atoms with Gasteiger partial charge in [0.05, 0.1) is 5.69 Å². The first-order valence-electron chi connectivity index (χ1n) is 12.4. The Hall–Kier alpha value is -3.89. The van der Waals surface area contributed by atoms with Crippen LogP contribution >= 0.6 is 0 Å². The Bertz CT molecular complexity index is 1410. The molecule has 0 unspecified atom stereocenters. The van der Waals surface area contributed by atoms with E-state index in [9.17, 15) is 18.0 Å². The number of nitrogens with zero attached hydrogens (tertiary/aromatic N) is 4. The second kappa shape index (κ2) is 10.8. The van der Waals surface area contributed by atoms with Gasteiger partial charge in [-0.2, -0.15) is 18.3 Å². The molecule has 0 radical (unpaired) electrons. The van der Waals surface area contributed by atoms with Crippen LogP contribution in [-0.2, 0) is 6.18 Å².